The first kappa shape index (κ1) is 14.5. The molecule has 0 radical (unpaired) electrons. The lowest BCUT2D eigenvalue weighted by Gasteiger charge is -2.24. The highest BCUT2D eigenvalue weighted by atomic mass is 32.1. The smallest absolute Gasteiger partial charge is 0.294 e. The van der Waals surface area contributed by atoms with Crippen LogP contribution in [0, 0.1) is 10.1 Å². The van der Waals surface area contributed by atoms with E-state index in [1.807, 2.05) is 0 Å². The van der Waals surface area contributed by atoms with Crippen molar-refractivity contribution < 1.29 is 4.92 Å². The highest BCUT2D eigenvalue weighted by Crippen LogP contribution is 2.22. The molecule has 0 spiro atoms. The number of nitro groups is 1. The molecule has 0 atom stereocenters. The molecule has 7 heteroatoms. The summed E-state index contributed by atoms with van der Waals surface area (Å²) in [6.45, 7) is 0. The molecule has 1 aromatic rings. The summed E-state index contributed by atoms with van der Waals surface area (Å²) in [6, 6.07) is 6.84. The Labute approximate surface area is 123 Å². The maximum absolute atomic E-state index is 10.9. The number of anilines is 1. The maximum Gasteiger partial charge on any atom is 0.294 e. The Morgan fingerprint density at radius 2 is 1.95 bits per heavy atom. The zero-order valence-electron chi connectivity index (χ0n) is 11.1. The second kappa shape index (κ2) is 7.04. The molecule has 3 N–H and O–H groups in total. The minimum Gasteiger partial charge on any atom is -0.359 e. The van der Waals surface area contributed by atoms with Gasteiger partial charge in [0.2, 0.25) is 0 Å². The molecule has 2 rings (SSSR count). The summed E-state index contributed by atoms with van der Waals surface area (Å²) in [5, 5.41) is 14.6. The van der Waals surface area contributed by atoms with Gasteiger partial charge >= 0.3 is 0 Å². The van der Waals surface area contributed by atoms with Gasteiger partial charge in [0.1, 0.15) is 5.69 Å². The minimum atomic E-state index is -0.429. The van der Waals surface area contributed by atoms with Crippen LogP contribution in [0.25, 0.3) is 0 Å². The van der Waals surface area contributed by atoms with E-state index in [4.69, 9.17) is 12.2 Å². The first-order valence-corrected chi connectivity index (χ1v) is 7.13. The summed E-state index contributed by atoms with van der Waals surface area (Å²) in [4.78, 5) is 10.4. The molecule has 20 heavy (non-hydrogen) atoms. The van der Waals surface area contributed by atoms with Crippen molar-refractivity contribution in [1.82, 2.24) is 10.7 Å². The van der Waals surface area contributed by atoms with Crippen molar-refractivity contribution in [1.29, 1.82) is 0 Å². The molecule has 6 nitrogen and oxygen atoms in total. The van der Waals surface area contributed by atoms with E-state index in [2.05, 4.69) is 16.2 Å². The van der Waals surface area contributed by atoms with Gasteiger partial charge in [-0.05, 0) is 31.1 Å². The Hall–Kier alpha value is -1.89. The molecule has 1 fully saturated rings. The van der Waals surface area contributed by atoms with Crippen LogP contribution in [0.5, 0.6) is 0 Å². The van der Waals surface area contributed by atoms with Crippen LogP contribution in [0.1, 0.15) is 32.1 Å². The predicted octanol–water partition coefficient (Wildman–Crippen LogP) is 2.72. The number of nitrogens with zero attached hydrogens (tertiary/aromatic N) is 1. The highest BCUT2D eigenvalue weighted by Gasteiger charge is 2.15. The number of para-hydroxylation sites is 2. The molecular formula is C13H18N4O2S. The zero-order valence-corrected chi connectivity index (χ0v) is 11.9. The van der Waals surface area contributed by atoms with E-state index in [1.165, 1.54) is 25.3 Å². The lowest BCUT2D eigenvalue weighted by Crippen LogP contribution is -2.44. The number of hydrazine groups is 1. The Morgan fingerprint density at radius 3 is 2.65 bits per heavy atom. The van der Waals surface area contributed by atoms with Gasteiger partial charge in [0.05, 0.1) is 4.92 Å². The Bertz CT molecular complexity index is 489. The van der Waals surface area contributed by atoms with Crippen molar-refractivity contribution in [2.75, 3.05) is 5.43 Å². The quantitative estimate of drug-likeness (QED) is 0.450. The molecule has 0 saturated heterocycles. The van der Waals surface area contributed by atoms with E-state index >= 15 is 0 Å². The molecule has 0 bridgehead atoms. The lowest BCUT2D eigenvalue weighted by molar-refractivity contribution is -0.384. The Kier molecular flexibility index (Phi) is 5.11. The number of thiocarbonyl (C=S) groups is 1. The first-order valence-electron chi connectivity index (χ1n) is 6.73. The van der Waals surface area contributed by atoms with Gasteiger partial charge in [-0.25, -0.2) is 0 Å². The molecule has 1 saturated carbocycles. The van der Waals surface area contributed by atoms with E-state index in [9.17, 15) is 10.1 Å². The van der Waals surface area contributed by atoms with Crippen LogP contribution in [0.3, 0.4) is 0 Å². The summed E-state index contributed by atoms with van der Waals surface area (Å²) in [5.41, 5.74) is 6.00. The van der Waals surface area contributed by atoms with Gasteiger partial charge in [-0.3, -0.25) is 21.0 Å². The lowest BCUT2D eigenvalue weighted by atomic mass is 9.96. The molecule has 0 unspecified atom stereocenters. The second-order valence-corrected chi connectivity index (χ2v) is 5.24. The fourth-order valence-electron chi connectivity index (χ4n) is 2.33. The van der Waals surface area contributed by atoms with Crippen LogP contribution in [0.4, 0.5) is 11.4 Å². The highest BCUT2D eigenvalue weighted by molar-refractivity contribution is 7.80. The molecule has 1 aliphatic rings. The SMILES string of the molecule is O=[N+]([O-])c1ccccc1NNC(=S)NC1CCCCC1. The van der Waals surface area contributed by atoms with Gasteiger partial charge < -0.3 is 5.32 Å². The molecule has 1 aliphatic carbocycles. The number of hydrogen-bond acceptors (Lipinski definition) is 4. The Balaban J connectivity index is 1.85. The van der Waals surface area contributed by atoms with E-state index in [1.54, 1.807) is 18.2 Å². The number of nitro benzene ring substituents is 1. The summed E-state index contributed by atoms with van der Waals surface area (Å²) in [5.74, 6) is 0. The fraction of sp³-hybridized carbons (Fsp3) is 0.462. The molecule has 0 heterocycles. The topological polar surface area (TPSA) is 79.2 Å². The standard InChI is InChI=1S/C13H18N4O2S/c18-17(19)12-9-5-4-8-11(12)15-16-13(20)14-10-6-2-1-3-7-10/h4-5,8-10,15H,1-3,6-7H2,(H2,14,16,20). The average molecular weight is 294 g/mol. The summed E-state index contributed by atoms with van der Waals surface area (Å²) in [7, 11) is 0. The third kappa shape index (κ3) is 4.06. The van der Waals surface area contributed by atoms with Crippen LogP contribution >= 0.6 is 12.2 Å². The van der Waals surface area contributed by atoms with E-state index < -0.39 is 4.92 Å². The van der Waals surface area contributed by atoms with E-state index in [0.29, 0.717) is 16.8 Å². The van der Waals surface area contributed by atoms with Gasteiger partial charge in [0.25, 0.3) is 5.69 Å². The molecule has 1 aromatic carbocycles. The van der Waals surface area contributed by atoms with Crippen molar-refractivity contribution in [2.45, 2.75) is 38.1 Å². The van der Waals surface area contributed by atoms with Crippen molar-refractivity contribution in [3.63, 3.8) is 0 Å². The largest absolute Gasteiger partial charge is 0.359 e. The van der Waals surface area contributed by atoms with Crippen LogP contribution in [-0.4, -0.2) is 16.1 Å². The van der Waals surface area contributed by atoms with Crippen LogP contribution in [0.15, 0.2) is 24.3 Å². The molecule has 0 amide bonds. The maximum atomic E-state index is 10.9. The molecule has 0 aliphatic heterocycles. The fourth-order valence-corrected chi connectivity index (χ4v) is 2.55. The van der Waals surface area contributed by atoms with Crippen LogP contribution in [0.2, 0.25) is 0 Å². The number of rotatable bonds is 4. The van der Waals surface area contributed by atoms with Gasteiger partial charge in [-0.15, -0.1) is 0 Å². The van der Waals surface area contributed by atoms with Gasteiger partial charge in [0, 0.05) is 12.1 Å². The van der Waals surface area contributed by atoms with Crippen molar-refractivity contribution >= 4 is 28.7 Å². The molecule has 0 aromatic heterocycles. The van der Waals surface area contributed by atoms with E-state index in [-0.39, 0.29) is 5.69 Å². The van der Waals surface area contributed by atoms with Crippen LogP contribution in [-0.2, 0) is 0 Å². The summed E-state index contributed by atoms with van der Waals surface area (Å²) in [6.07, 6.45) is 5.96. The zero-order chi connectivity index (χ0) is 14.4. The third-order valence-corrected chi connectivity index (χ3v) is 3.57. The summed E-state index contributed by atoms with van der Waals surface area (Å²) >= 11 is 5.19. The first-order chi connectivity index (χ1) is 9.66. The van der Waals surface area contributed by atoms with Gasteiger partial charge in [-0.1, -0.05) is 31.4 Å². The van der Waals surface area contributed by atoms with Crippen molar-refractivity contribution in [2.24, 2.45) is 0 Å². The van der Waals surface area contributed by atoms with Crippen molar-refractivity contribution in [3.8, 4) is 0 Å². The normalized spacial score (nSPS) is 15.4. The Morgan fingerprint density at radius 1 is 1.25 bits per heavy atom. The van der Waals surface area contributed by atoms with Crippen molar-refractivity contribution in [3.05, 3.63) is 34.4 Å². The third-order valence-electron chi connectivity index (χ3n) is 3.35. The van der Waals surface area contributed by atoms with Gasteiger partial charge in [-0.2, -0.15) is 0 Å². The molecular weight excluding hydrogens is 276 g/mol. The number of hydrogen-bond donors (Lipinski definition) is 3. The predicted molar refractivity (Wildman–Crippen MR) is 82.5 cm³/mol. The monoisotopic (exact) mass is 294 g/mol. The average Bonchev–Trinajstić information content (AvgIpc) is 2.46. The summed E-state index contributed by atoms with van der Waals surface area (Å²) < 4.78 is 0. The molecule has 108 valence electrons. The minimum absolute atomic E-state index is 0.0143. The second-order valence-electron chi connectivity index (χ2n) is 4.83. The van der Waals surface area contributed by atoms with E-state index in [0.717, 1.165) is 12.8 Å². The van der Waals surface area contributed by atoms with Gasteiger partial charge in [0.15, 0.2) is 5.11 Å². The number of benzene rings is 1. The van der Waals surface area contributed by atoms with Crippen LogP contribution < -0.4 is 16.2 Å². The number of nitrogens with one attached hydrogen (secondary N) is 3.